The number of hydrogen-bond acceptors (Lipinski definition) is 3. The molecule has 0 atom stereocenters. The van der Waals surface area contributed by atoms with E-state index in [0.29, 0.717) is 24.2 Å². The minimum atomic E-state index is -0.949. The molecule has 37 heavy (non-hydrogen) atoms. The highest BCUT2D eigenvalue weighted by Gasteiger charge is 2.17. The minimum Gasteiger partial charge on any atom is -0.478 e. The number of aromatic carboxylic acids is 1. The summed E-state index contributed by atoms with van der Waals surface area (Å²) in [6.45, 7) is 1.11. The molecule has 188 valence electrons. The molecule has 0 aliphatic rings. The Morgan fingerprint density at radius 2 is 1.38 bits per heavy atom. The lowest BCUT2D eigenvalue weighted by Gasteiger charge is -2.24. The lowest BCUT2D eigenvalue weighted by atomic mass is 9.98. The molecule has 0 spiro atoms. The molecule has 0 fully saturated rings. The number of carbonyl (C=O) groups is 2. The molecule has 0 saturated heterocycles. The fourth-order valence-corrected chi connectivity index (χ4v) is 4.39. The molecule has 0 radical (unpaired) electrons. The number of rotatable bonds is 10. The van der Waals surface area contributed by atoms with Gasteiger partial charge in [-0.3, -0.25) is 4.79 Å². The lowest BCUT2D eigenvalue weighted by Crippen LogP contribution is -2.31. The molecule has 1 amide bonds. The highest BCUT2D eigenvalue weighted by Crippen LogP contribution is 2.25. The van der Waals surface area contributed by atoms with Gasteiger partial charge in [0.2, 0.25) is 0 Å². The summed E-state index contributed by atoms with van der Waals surface area (Å²) in [7, 11) is 3.95. The molecule has 0 bridgehead atoms. The van der Waals surface area contributed by atoms with E-state index in [0.717, 1.165) is 29.7 Å². The molecule has 5 nitrogen and oxygen atoms in total. The Bertz CT molecular complexity index is 1330. The fraction of sp³-hybridized carbons (Fsp3) is 0.188. The van der Waals surface area contributed by atoms with Crippen molar-refractivity contribution in [2.24, 2.45) is 0 Å². The quantitative estimate of drug-likeness (QED) is 0.279. The monoisotopic (exact) mass is 492 g/mol. The summed E-state index contributed by atoms with van der Waals surface area (Å²) in [6.07, 6.45) is 1.75. The van der Waals surface area contributed by atoms with Gasteiger partial charge in [0, 0.05) is 38.4 Å². The van der Waals surface area contributed by atoms with E-state index >= 15 is 0 Å². The first-order valence-electron chi connectivity index (χ1n) is 12.4. The molecular weight excluding hydrogens is 460 g/mol. The number of benzene rings is 4. The van der Waals surface area contributed by atoms with Crippen LogP contribution in [0.4, 0.5) is 5.69 Å². The summed E-state index contributed by atoms with van der Waals surface area (Å²) >= 11 is 0. The molecule has 0 aliphatic carbocycles. The van der Waals surface area contributed by atoms with Crippen LogP contribution in [0.1, 0.15) is 38.3 Å². The Balaban J connectivity index is 1.53. The van der Waals surface area contributed by atoms with Gasteiger partial charge in [-0.25, -0.2) is 4.79 Å². The summed E-state index contributed by atoms with van der Waals surface area (Å²) in [5.41, 5.74) is 5.75. The molecule has 5 heteroatoms. The molecule has 4 aromatic rings. The zero-order chi connectivity index (χ0) is 26.2. The Labute approximate surface area is 218 Å². The maximum Gasteiger partial charge on any atom is 0.336 e. The minimum absolute atomic E-state index is 0.00123. The topological polar surface area (TPSA) is 60.9 Å². The second-order valence-electron chi connectivity index (χ2n) is 9.30. The summed E-state index contributed by atoms with van der Waals surface area (Å²) < 4.78 is 0. The molecule has 4 aromatic carbocycles. The third-order valence-corrected chi connectivity index (χ3v) is 6.45. The van der Waals surface area contributed by atoms with E-state index in [-0.39, 0.29) is 11.5 Å². The van der Waals surface area contributed by atoms with E-state index < -0.39 is 5.97 Å². The number of hydrogen-bond donors (Lipinski definition) is 1. The first-order valence-corrected chi connectivity index (χ1v) is 12.4. The van der Waals surface area contributed by atoms with E-state index in [2.05, 4.69) is 12.1 Å². The van der Waals surface area contributed by atoms with E-state index in [1.165, 1.54) is 5.56 Å². The molecular formula is C32H32N2O3. The van der Waals surface area contributed by atoms with E-state index in [1.807, 2.05) is 103 Å². The maximum atomic E-state index is 13.5. The summed E-state index contributed by atoms with van der Waals surface area (Å²) in [5, 5.41) is 9.54. The number of amides is 1. The van der Waals surface area contributed by atoms with Crippen molar-refractivity contribution in [1.29, 1.82) is 0 Å². The molecule has 0 saturated carbocycles. The van der Waals surface area contributed by atoms with Crippen molar-refractivity contribution < 1.29 is 14.7 Å². The van der Waals surface area contributed by atoms with Crippen molar-refractivity contribution in [1.82, 2.24) is 4.90 Å². The molecule has 4 rings (SSSR count). The van der Waals surface area contributed by atoms with Gasteiger partial charge in [0.25, 0.3) is 5.91 Å². The smallest absolute Gasteiger partial charge is 0.336 e. The van der Waals surface area contributed by atoms with Gasteiger partial charge in [-0.15, -0.1) is 0 Å². The number of nitrogens with zero attached hydrogens (tertiary/aromatic N) is 2. The van der Waals surface area contributed by atoms with Crippen LogP contribution in [0.5, 0.6) is 0 Å². The summed E-state index contributed by atoms with van der Waals surface area (Å²) in [4.78, 5) is 29.1. The predicted octanol–water partition coefficient (Wildman–Crippen LogP) is 6.39. The maximum absolute atomic E-state index is 13.5. The highest BCUT2D eigenvalue weighted by molar-refractivity contribution is 5.96. The van der Waals surface area contributed by atoms with Gasteiger partial charge in [0.1, 0.15) is 0 Å². The van der Waals surface area contributed by atoms with Crippen molar-refractivity contribution in [2.75, 3.05) is 25.5 Å². The van der Waals surface area contributed by atoms with E-state index in [1.54, 1.807) is 12.1 Å². The SMILES string of the molecule is CN(C)c1ccc(C(=O)N(CCCc2ccccc2)Cc2ccc(-c3ccccc3C(=O)O)cc2)cc1. The van der Waals surface area contributed by atoms with Crippen molar-refractivity contribution in [3.63, 3.8) is 0 Å². The number of anilines is 1. The van der Waals surface area contributed by atoms with Gasteiger partial charge < -0.3 is 14.9 Å². The van der Waals surface area contributed by atoms with Crippen molar-refractivity contribution in [2.45, 2.75) is 19.4 Å². The first kappa shape index (κ1) is 25.7. The van der Waals surface area contributed by atoms with Crippen LogP contribution in [0.15, 0.2) is 103 Å². The molecule has 0 aliphatic heterocycles. The lowest BCUT2D eigenvalue weighted by molar-refractivity contribution is 0.0696. The Hall–Kier alpha value is -4.38. The normalized spacial score (nSPS) is 10.6. The Morgan fingerprint density at radius 1 is 0.730 bits per heavy atom. The Morgan fingerprint density at radius 3 is 2.03 bits per heavy atom. The van der Waals surface area contributed by atoms with Gasteiger partial charge in [0.15, 0.2) is 0 Å². The van der Waals surface area contributed by atoms with Crippen LogP contribution in [0.3, 0.4) is 0 Å². The van der Waals surface area contributed by atoms with Gasteiger partial charge >= 0.3 is 5.97 Å². The van der Waals surface area contributed by atoms with Crippen molar-refractivity contribution in [3.8, 4) is 11.1 Å². The molecule has 1 N–H and O–H groups in total. The van der Waals surface area contributed by atoms with Crippen LogP contribution in [-0.2, 0) is 13.0 Å². The zero-order valence-electron chi connectivity index (χ0n) is 21.3. The van der Waals surface area contributed by atoms with Gasteiger partial charge in [-0.1, -0.05) is 72.8 Å². The number of carbonyl (C=O) groups excluding carboxylic acids is 1. The predicted molar refractivity (Wildman–Crippen MR) is 149 cm³/mol. The average molecular weight is 493 g/mol. The summed E-state index contributed by atoms with van der Waals surface area (Å²) in [6, 6.07) is 32.8. The third-order valence-electron chi connectivity index (χ3n) is 6.45. The van der Waals surface area contributed by atoms with Crippen LogP contribution < -0.4 is 4.90 Å². The zero-order valence-corrected chi connectivity index (χ0v) is 21.3. The van der Waals surface area contributed by atoms with Crippen LogP contribution in [-0.4, -0.2) is 42.5 Å². The van der Waals surface area contributed by atoms with Crippen LogP contribution in [0.2, 0.25) is 0 Å². The molecule has 0 aromatic heterocycles. The first-order chi connectivity index (χ1) is 17.9. The van der Waals surface area contributed by atoms with Crippen molar-refractivity contribution in [3.05, 3.63) is 125 Å². The van der Waals surface area contributed by atoms with E-state index in [4.69, 9.17) is 0 Å². The molecule has 0 unspecified atom stereocenters. The van der Waals surface area contributed by atoms with Crippen LogP contribution in [0.25, 0.3) is 11.1 Å². The average Bonchev–Trinajstić information content (AvgIpc) is 2.93. The third kappa shape index (κ3) is 6.64. The van der Waals surface area contributed by atoms with Gasteiger partial charge in [0.05, 0.1) is 5.56 Å². The number of aryl methyl sites for hydroxylation is 1. The number of carboxylic acids is 1. The second-order valence-corrected chi connectivity index (χ2v) is 9.30. The second kappa shape index (κ2) is 12.0. The summed E-state index contributed by atoms with van der Waals surface area (Å²) in [5.74, 6) is -0.950. The van der Waals surface area contributed by atoms with Gasteiger partial charge in [-0.05, 0) is 65.4 Å². The molecule has 0 heterocycles. The highest BCUT2D eigenvalue weighted by atomic mass is 16.4. The number of carboxylic acid groups (broad SMARTS) is 1. The Kier molecular flexibility index (Phi) is 8.37. The van der Waals surface area contributed by atoms with Gasteiger partial charge in [-0.2, -0.15) is 0 Å². The standard InChI is InChI=1S/C32H32N2O3/c1-33(2)28-20-18-27(19-21-28)31(35)34(22-8-11-24-9-4-3-5-10-24)23-25-14-16-26(17-15-25)29-12-6-7-13-30(29)32(36)37/h3-7,9-10,12-21H,8,11,22-23H2,1-2H3,(H,36,37). The largest absolute Gasteiger partial charge is 0.478 e. The van der Waals surface area contributed by atoms with Crippen molar-refractivity contribution >= 4 is 17.6 Å². The van der Waals surface area contributed by atoms with Crippen LogP contribution in [0, 0.1) is 0 Å². The van der Waals surface area contributed by atoms with Crippen LogP contribution >= 0.6 is 0 Å². The van der Waals surface area contributed by atoms with E-state index in [9.17, 15) is 14.7 Å². The fourth-order valence-electron chi connectivity index (χ4n) is 4.39.